The molecule has 1 atom stereocenters. The Kier molecular flexibility index (Phi) is 7.01. The van der Waals surface area contributed by atoms with Crippen LogP contribution in [0.3, 0.4) is 0 Å². The molecule has 1 N–H and O–H groups in total. The summed E-state index contributed by atoms with van der Waals surface area (Å²) >= 11 is 7.58. The van der Waals surface area contributed by atoms with E-state index in [-0.39, 0.29) is 5.91 Å². The summed E-state index contributed by atoms with van der Waals surface area (Å²) in [4.78, 5) is 13.4. The van der Waals surface area contributed by atoms with Crippen LogP contribution in [0.25, 0.3) is 11.4 Å². The molecule has 0 aliphatic rings. The molecule has 0 saturated carbocycles. The SMILES string of the molecule is COc1ccc(NC(=O)C(Sc2nnc(-c3ccccc3C)n2C)c2ccccc2)cc1Cl. The molecule has 168 valence electrons. The fraction of sp³-hybridized carbons (Fsp3) is 0.160. The maximum absolute atomic E-state index is 13.4. The molecular weight excluding hydrogens is 456 g/mol. The number of carbonyl (C=O) groups is 1. The molecule has 0 fully saturated rings. The number of aromatic nitrogens is 3. The molecule has 8 heteroatoms. The highest BCUT2D eigenvalue weighted by Crippen LogP contribution is 2.37. The number of hydrogen-bond acceptors (Lipinski definition) is 5. The van der Waals surface area contributed by atoms with Crippen molar-refractivity contribution in [3.8, 4) is 17.1 Å². The molecule has 1 heterocycles. The Hall–Kier alpha value is -3.29. The van der Waals surface area contributed by atoms with Gasteiger partial charge >= 0.3 is 0 Å². The molecule has 1 aromatic heterocycles. The van der Waals surface area contributed by atoms with Gasteiger partial charge in [-0.15, -0.1) is 10.2 Å². The molecule has 4 aromatic rings. The van der Waals surface area contributed by atoms with E-state index >= 15 is 0 Å². The van der Waals surface area contributed by atoms with Gasteiger partial charge in [-0.2, -0.15) is 0 Å². The van der Waals surface area contributed by atoms with Gasteiger partial charge in [-0.25, -0.2) is 0 Å². The van der Waals surface area contributed by atoms with E-state index in [4.69, 9.17) is 16.3 Å². The van der Waals surface area contributed by atoms with E-state index < -0.39 is 5.25 Å². The van der Waals surface area contributed by atoms with E-state index in [2.05, 4.69) is 15.5 Å². The molecule has 0 aliphatic heterocycles. The van der Waals surface area contributed by atoms with Gasteiger partial charge in [0.2, 0.25) is 5.91 Å². The van der Waals surface area contributed by atoms with Gasteiger partial charge in [0.15, 0.2) is 11.0 Å². The molecule has 0 radical (unpaired) electrons. The smallest absolute Gasteiger partial charge is 0.242 e. The molecule has 0 spiro atoms. The highest BCUT2D eigenvalue weighted by molar-refractivity contribution is 8.00. The minimum Gasteiger partial charge on any atom is -0.495 e. The van der Waals surface area contributed by atoms with E-state index in [1.807, 2.05) is 73.1 Å². The number of amides is 1. The molecular formula is C25H23ClN4O2S. The summed E-state index contributed by atoms with van der Waals surface area (Å²) in [7, 11) is 3.46. The van der Waals surface area contributed by atoms with Crippen molar-refractivity contribution in [1.82, 2.24) is 14.8 Å². The number of methoxy groups -OCH3 is 1. The molecule has 1 amide bonds. The molecule has 6 nitrogen and oxygen atoms in total. The van der Waals surface area contributed by atoms with Crippen LogP contribution in [0.1, 0.15) is 16.4 Å². The first-order chi connectivity index (χ1) is 16.0. The molecule has 1 unspecified atom stereocenters. The Morgan fingerprint density at radius 3 is 2.48 bits per heavy atom. The Morgan fingerprint density at radius 1 is 1.06 bits per heavy atom. The van der Waals surface area contributed by atoms with Crippen LogP contribution in [0.5, 0.6) is 5.75 Å². The number of nitrogens with one attached hydrogen (secondary N) is 1. The molecule has 0 aliphatic carbocycles. The van der Waals surface area contributed by atoms with Crippen LogP contribution in [-0.4, -0.2) is 27.8 Å². The van der Waals surface area contributed by atoms with Crippen molar-refractivity contribution in [2.75, 3.05) is 12.4 Å². The van der Waals surface area contributed by atoms with Crippen LogP contribution in [0, 0.1) is 6.92 Å². The number of ether oxygens (including phenoxy) is 1. The van der Waals surface area contributed by atoms with Crippen LogP contribution in [0.4, 0.5) is 5.69 Å². The largest absolute Gasteiger partial charge is 0.495 e. The van der Waals surface area contributed by atoms with Gasteiger partial charge < -0.3 is 14.6 Å². The van der Waals surface area contributed by atoms with Gasteiger partial charge in [0, 0.05) is 18.3 Å². The maximum atomic E-state index is 13.4. The van der Waals surface area contributed by atoms with Gasteiger partial charge in [-0.3, -0.25) is 4.79 Å². The molecule has 0 saturated heterocycles. The van der Waals surface area contributed by atoms with Crippen molar-refractivity contribution >= 4 is 35.0 Å². The minimum atomic E-state index is -0.542. The lowest BCUT2D eigenvalue weighted by atomic mass is 10.1. The third-order valence-electron chi connectivity index (χ3n) is 5.20. The fourth-order valence-electron chi connectivity index (χ4n) is 3.43. The van der Waals surface area contributed by atoms with Crippen LogP contribution < -0.4 is 10.1 Å². The first-order valence-electron chi connectivity index (χ1n) is 10.3. The van der Waals surface area contributed by atoms with Crippen molar-refractivity contribution in [3.05, 3.63) is 88.9 Å². The number of anilines is 1. The summed E-state index contributed by atoms with van der Waals surface area (Å²) in [5, 5.41) is 12.3. The monoisotopic (exact) mass is 478 g/mol. The lowest BCUT2D eigenvalue weighted by molar-refractivity contribution is -0.115. The molecule has 33 heavy (non-hydrogen) atoms. The highest BCUT2D eigenvalue weighted by atomic mass is 35.5. The summed E-state index contributed by atoms with van der Waals surface area (Å²) in [5.41, 5.74) is 3.57. The van der Waals surface area contributed by atoms with E-state index in [0.717, 1.165) is 22.5 Å². The standard InChI is InChI=1S/C25H23ClN4O2S/c1-16-9-7-8-12-19(16)23-28-29-25(30(23)2)33-22(17-10-5-4-6-11-17)24(31)27-18-13-14-21(32-3)20(26)15-18/h4-15,22H,1-3H3,(H,27,31). The molecule has 0 bridgehead atoms. The van der Waals surface area contributed by atoms with E-state index in [9.17, 15) is 4.79 Å². The second-order valence-electron chi connectivity index (χ2n) is 7.43. The predicted octanol–water partition coefficient (Wildman–Crippen LogP) is 5.92. The van der Waals surface area contributed by atoms with Gasteiger partial charge in [-0.05, 0) is 36.2 Å². The number of hydrogen-bond donors (Lipinski definition) is 1. The minimum absolute atomic E-state index is 0.187. The number of halogens is 1. The van der Waals surface area contributed by atoms with Crippen LogP contribution in [0.15, 0.2) is 78.0 Å². The van der Waals surface area contributed by atoms with Crippen molar-refractivity contribution in [1.29, 1.82) is 0 Å². The van der Waals surface area contributed by atoms with Crippen molar-refractivity contribution in [2.24, 2.45) is 7.05 Å². The van der Waals surface area contributed by atoms with Crippen molar-refractivity contribution in [2.45, 2.75) is 17.3 Å². The second kappa shape index (κ2) is 10.1. The Labute approximate surface area is 202 Å². The van der Waals surface area contributed by atoms with Gasteiger partial charge in [0.25, 0.3) is 0 Å². The van der Waals surface area contributed by atoms with Crippen LogP contribution in [-0.2, 0) is 11.8 Å². The van der Waals surface area contributed by atoms with Crippen molar-refractivity contribution < 1.29 is 9.53 Å². The Balaban J connectivity index is 1.63. The maximum Gasteiger partial charge on any atom is 0.242 e. The second-order valence-corrected chi connectivity index (χ2v) is 8.91. The highest BCUT2D eigenvalue weighted by Gasteiger charge is 2.26. The molecule has 4 rings (SSSR count). The normalized spacial score (nSPS) is 11.8. The Morgan fingerprint density at radius 2 is 1.79 bits per heavy atom. The number of carbonyl (C=O) groups excluding carboxylic acids is 1. The van der Waals surface area contributed by atoms with E-state index in [1.54, 1.807) is 25.3 Å². The lowest BCUT2D eigenvalue weighted by Gasteiger charge is -2.17. The topological polar surface area (TPSA) is 69.0 Å². The Bertz CT molecular complexity index is 1280. The average molecular weight is 479 g/mol. The summed E-state index contributed by atoms with van der Waals surface area (Å²) in [6.45, 7) is 2.04. The number of rotatable bonds is 7. The average Bonchev–Trinajstić information content (AvgIpc) is 3.18. The zero-order valence-electron chi connectivity index (χ0n) is 18.4. The van der Waals surface area contributed by atoms with E-state index in [0.29, 0.717) is 21.6 Å². The number of thioether (sulfide) groups is 1. The van der Waals surface area contributed by atoms with Gasteiger partial charge in [-0.1, -0.05) is 78.0 Å². The van der Waals surface area contributed by atoms with Crippen molar-refractivity contribution in [3.63, 3.8) is 0 Å². The number of nitrogens with zero attached hydrogens (tertiary/aromatic N) is 3. The third kappa shape index (κ3) is 5.05. The quantitative estimate of drug-likeness (QED) is 0.334. The number of benzene rings is 3. The third-order valence-corrected chi connectivity index (χ3v) is 6.79. The van der Waals surface area contributed by atoms with Crippen LogP contribution >= 0.6 is 23.4 Å². The zero-order chi connectivity index (χ0) is 23.4. The first-order valence-corrected chi connectivity index (χ1v) is 11.5. The molecule has 3 aromatic carbocycles. The van der Waals surface area contributed by atoms with Gasteiger partial charge in [0.05, 0.1) is 12.1 Å². The fourth-order valence-corrected chi connectivity index (χ4v) is 4.69. The first kappa shape index (κ1) is 22.9. The summed E-state index contributed by atoms with van der Waals surface area (Å²) < 4.78 is 7.11. The van der Waals surface area contributed by atoms with Crippen LogP contribution in [0.2, 0.25) is 5.02 Å². The lowest BCUT2D eigenvalue weighted by Crippen LogP contribution is -2.19. The van der Waals surface area contributed by atoms with E-state index in [1.165, 1.54) is 11.8 Å². The predicted molar refractivity (Wildman–Crippen MR) is 133 cm³/mol. The number of aryl methyl sites for hydroxylation is 1. The van der Waals surface area contributed by atoms with Gasteiger partial charge in [0.1, 0.15) is 11.0 Å². The summed E-state index contributed by atoms with van der Waals surface area (Å²) in [6.07, 6.45) is 0. The zero-order valence-corrected chi connectivity index (χ0v) is 20.0. The summed E-state index contributed by atoms with van der Waals surface area (Å²) in [5.74, 6) is 1.11. The summed E-state index contributed by atoms with van der Waals surface area (Å²) in [6, 6.07) is 22.8.